The van der Waals surface area contributed by atoms with Crippen LogP contribution in [0.25, 0.3) is 0 Å². The number of sulfone groups is 1. The van der Waals surface area contributed by atoms with Crippen molar-refractivity contribution in [1.82, 2.24) is 4.98 Å². The van der Waals surface area contributed by atoms with Gasteiger partial charge in [-0.1, -0.05) is 6.07 Å². The number of nitrogens with zero attached hydrogens (tertiary/aromatic N) is 1. The molecule has 0 unspecified atom stereocenters. The summed E-state index contributed by atoms with van der Waals surface area (Å²) in [6.07, 6.45) is 4.14. The third-order valence-electron chi connectivity index (χ3n) is 2.85. The summed E-state index contributed by atoms with van der Waals surface area (Å²) < 4.78 is 23.8. The molecule has 1 N–H and O–H groups in total. The van der Waals surface area contributed by atoms with E-state index in [0.29, 0.717) is 15.7 Å². The Hall–Kier alpha value is -1.73. The van der Waals surface area contributed by atoms with Gasteiger partial charge in [0, 0.05) is 28.8 Å². The van der Waals surface area contributed by atoms with Gasteiger partial charge in [-0.25, -0.2) is 8.42 Å². The highest BCUT2D eigenvalue weighted by Crippen LogP contribution is 2.21. The monoisotopic (exact) mass is 368 g/mol. The summed E-state index contributed by atoms with van der Waals surface area (Å²) in [4.78, 5) is 16.2. The minimum atomic E-state index is -3.32. The van der Waals surface area contributed by atoms with Crippen LogP contribution in [0.2, 0.25) is 0 Å². The van der Waals surface area contributed by atoms with Gasteiger partial charge >= 0.3 is 0 Å². The molecular formula is C14H13BrN2O3S. The van der Waals surface area contributed by atoms with Gasteiger partial charge in [0.15, 0.2) is 9.84 Å². The fourth-order valence-corrected chi connectivity index (χ4v) is 2.71. The molecular weight excluding hydrogens is 356 g/mol. The Morgan fingerprint density at radius 1 is 1.24 bits per heavy atom. The number of carbonyl (C=O) groups is 1. The largest absolute Gasteiger partial charge is 0.322 e. The minimum absolute atomic E-state index is 0.163. The smallest absolute Gasteiger partial charge is 0.257 e. The average Bonchev–Trinajstić information content (AvgIpc) is 2.40. The molecule has 1 aromatic heterocycles. The minimum Gasteiger partial charge on any atom is -0.322 e. The molecule has 0 aliphatic heterocycles. The van der Waals surface area contributed by atoms with E-state index in [1.54, 1.807) is 25.3 Å². The Morgan fingerprint density at radius 2 is 1.95 bits per heavy atom. The van der Waals surface area contributed by atoms with Gasteiger partial charge in [0.1, 0.15) is 0 Å². The first-order valence-corrected chi connectivity index (χ1v) is 8.68. The zero-order chi connectivity index (χ0) is 15.6. The van der Waals surface area contributed by atoms with Crippen molar-refractivity contribution in [2.75, 3.05) is 11.6 Å². The van der Waals surface area contributed by atoms with Gasteiger partial charge in [-0.3, -0.25) is 9.78 Å². The van der Waals surface area contributed by atoms with E-state index < -0.39 is 9.84 Å². The van der Waals surface area contributed by atoms with Crippen LogP contribution in [0.3, 0.4) is 0 Å². The van der Waals surface area contributed by atoms with E-state index in [2.05, 4.69) is 26.2 Å². The van der Waals surface area contributed by atoms with Gasteiger partial charge in [-0.05, 0) is 46.6 Å². The molecule has 0 fully saturated rings. The summed E-state index contributed by atoms with van der Waals surface area (Å²) in [6.45, 7) is 1.79. The van der Waals surface area contributed by atoms with E-state index in [1.165, 1.54) is 18.3 Å². The molecule has 0 saturated carbocycles. The highest BCUT2D eigenvalue weighted by Gasteiger charge is 2.12. The van der Waals surface area contributed by atoms with Crippen LogP contribution in [-0.2, 0) is 9.84 Å². The van der Waals surface area contributed by atoms with Crippen molar-refractivity contribution in [3.63, 3.8) is 0 Å². The molecule has 2 aromatic rings. The lowest BCUT2D eigenvalue weighted by atomic mass is 10.2. The third kappa shape index (κ3) is 3.89. The number of rotatable bonds is 3. The van der Waals surface area contributed by atoms with Crippen molar-refractivity contribution < 1.29 is 13.2 Å². The first-order chi connectivity index (χ1) is 9.77. The Labute approximate surface area is 131 Å². The first-order valence-electron chi connectivity index (χ1n) is 6.00. The standard InChI is InChI=1S/C14H13BrN2O3S/c1-9-3-4-12(21(2,19)20)6-13(9)17-14(18)10-5-11(15)8-16-7-10/h3-8H,1-2H3,(H,17,18). The topological polar surface area (TPSA) is 76.1 Å². The van der Waals surface area contributed by atoms with Crippen LogP contribution < -0.4 is 5.32 Å². The van der Waals surface area contributed by atoms with Gasteiger partial charge in [-0.2, -0.15) is 0 Å². The molecule has 0 atom stereocenters. The molecule has 0 saturated heterocycles. The number of nitrogens with one attached hydrogen (secondary N) is 1. The lowest BCUT2D eigenvalue weighted by Gasteiger charge is -2.10. The molecule has 5 nitrogen and oxygen atoms in total. The molecule has 1 amide bonds. The number of aromatic nitrogens is 1. The SMILES string of the molecule is Cc1ccc(S(C)(=O)=O)cc1NC(=O)c1cncc(Br)c1. The summed E-state index contributed by atoms with van der Waals surface area (Å²) in [7, 11) is -3.32. The van der Waals surface area contributed by atoms with Crippen LogP contribution in [0.1, 0.15) is 15.9 Å². The Kier molecular flexibility index (Phi) is 4.43. The number of halogens is 1. The van der Waals surface area contributed by atoms with Crippen LogP contribution in [0.5, 0.6) is 0 Å². The van der Waals surface area contributed by atoms with Crippen molar-refractivity contribution in [3.8, 4) is 0 Å². The molecule has 0 aliphatic rings. The highest BCUT2D eigenvalue weighted by molar-refractivity contribution is 9.10. The van der Waals surface area contributed by atoms with E-state index in [9.17, 15) is 13.2 Å². The molecule has 21 heavy (non-hydrogen) atoms. The number of carbonyl (C=O) groups excluding carboxylic acids is 1. The second kappa shape index (κ2) is 5.95. The van der Waals surface area contributed by atoms with E-state index in [4.69, 9.17) is 0 Å². The predicted octanol–water partition coefficient (Wildman–Crippen LogP) is 2.81. The van der Waals surface area contributed by atoms with E-state index in [0.717, 1.165) is 11.8 Å². The lowest BCUT2D eigenvalue weighted by molar-refractivity contribution is 0.102. The summed E-state index contributed by atoms with van der Waals surface area (Å²) >= 11 is 3.25. The summed E-state index contributed by atoms with van der Waals surface area (Å²) in [5.41, 5.74) is 1.62. The van der Waals surface area contributed by atoms with Crippen molar-refractivity contribution in [2.45, 2.75) is 11.8 Å². The van der Waals surface area contributed by atoms with Gasteiger partial charge in [0.05, 0.1) is 10.5 Å². The quantitative estimate of drug-likeness (QED) is 0.903. The summed E-state index contributed by atoms with van der Waals surface area (Å²) in [5, 5.41) is 2.70. The number of hydrogen-bond donors (Lipinski definition) is 1. The van der Waals surface area contributed by atoms with Crippen LogP contribution in [0.4, 0.5) is 5.69 Å². The number of pyridine rings is 1. The number of hydrogen-bond acceptors (Lipinski definition) is 4. The predicted molar refractivity (Wildman–Crippen MR) is 84.2 cm³/mol. The summed E-state index contributed by atoms with van der Waals surface area (Å²) in [5.74, 6) is -0.349. The Bertz CT molecular complexity index is 804. The van der Waals surface area contributed by atoms with Gasteiger partial charge < -0.3 is 5.32 Å². The van der Waals surface area contributed by atoms with Crippen molar-refractivity contribution in [2.24, 2.45) is 0 Å². The summed E-state index contributed by atoms with van der Waals surface area (Å²) in [6, 6.07) is 6.26. The molecule has 1 aromatic carbocycles. The molecule has 2 rings (SSSR count). The van der Waals surface area contributed by atoms with Crippen LogP contribution in [0.15, 0.2) is 46.0 Å². The first kappa shape index (κ1) is 15.7. The lowest BCUT2D eigenvalue weighted by Crippen LogP contribution is -2.13. The second-order valence-corrected chi connectivity index (χ2v) is 7.53. The maximum absolute atomic E-state index is 12.2. The molecule has 0 spiro atoms. The molecule has 0 radical (unpaired) electrons. The number of aryl methyl sites for hydroxylation is 1. The maximum atomic E-state index is 12.2. The Morgan fingerprint density at radius 3 is 2.57 bits per heavy atom. The number of amides is 1. The van der Waals surface area contributed by atoms with Gasteiger partial charge in [-0.15, -0.1) is 0 Å². The van der Waals surface area contributed by atoms with Gasteiger partial charge in [0.2, 0.25) is 0 Å². The highest BCUT2D eigenvalue weighted by atomic mass is 79.9. The van der Waals surface area contributed by atoms with Crippen LogP contribution >= 0.6 is 15.9 Å². The average molecular weight is 369 g/mol. The van der Waals surface area contributed by atoms with Crippen molar-refractivity contribution in [1.29, 1.82) is 0 Å². The molecule has 0 aliphatic carbocycles. The van der Waals surface area contributed by atoms with Crippen LogP contribution in [-0.4, -0.2) is 25.6 Å². The fourth-order valence-electron chi connectivity index (χ4n) is 1.70. The third-order valence-corrected chi connectivity index (χ3v) is 4.40. The number of benzene rings is 1. The van der Waals surface area contributed by atoms with E-state index in [-0.39, 0.29) is 10.8 Å². The zero-order valence-electron chi connectivity index (χ0n) is 11.4. The molecule has 1 heterocycles. The van der Waals surface area contributed by atoms with Crippen LogP contribution in [0, 0.1) is 6.92 Å². The normalized spacial score (nSPS) is 11.2. The van der Waals surface area contributed by atoms with Crippen molar-refractivity contribution >= 4 is 37.4 Å². The second-order valence-electron chi connectivity index (χ2n) is 4.59. The van der Waals surface area contributed by atoms with Crippen molar-refractivity contribution in [3.05, 3.63) is 52.3 Å². The molecule has 110 valence electrons. The van der Waals surface area contributed by atoms with E-state index in [1.807, 2.05) is 0 Å². The zero-order valence-corrected chi connectivity index (χ0v) is 13.8. The molecule has 0 bridgehead atoms. The fraction of sp³-hybridized carbons (Fsp3) is 0.143. The number of anilines is 1. The van der Waals surface area contributed by atoms with Gasteiger partial charge in [0.25, 0.3) is 5.91 Å². The molecule has 7 heteroatoms. The van der Waals surface area contributed by atoms with E-state index >= 15 is 0 Å². The Balaban J connectivity index is 2.33. The maximum Gasteiger partial charge on any atom is 0.257 e.